The van der Waals surface area contributed by atoms with Gasteiger partial charge < -0.3 is 30.7 Å². The Labute approximate surface area is 237 Å². The Hall–Kier alpha value is -5.07. The van der Waals surface area contributed by atoms with Crippen LogP contribution in [-0.4, -0.2) is 49.2 Å². The third-order valence-corrected chi connectivity index (χ3v) is 5.51. The van der Waals surface area contributed by atoms with Gasteiger partial charge in [0.05, 0.1) is 17.0 Å². The van der Waals surface area contributed by atoms with E-state index in [0.29, 0.717) is 39.0 Å². The fourth-order valence-corrected chi connectivity index (χ4v) is 3.54. The maximum Gasteiger partial charge on any atom is 0.333 e. The molecule has 4 aromatic rings. The van der Waals surface area contributed by atoms with Crippen molar-refractivity contribution in [1.29, 1.82) is 0 Å². The van der Waals surface area contributed by atoms with Gasteiger partial charge in [-0.25, -0.2) is 19.2 Å². The number of nitrogens with one attached hydrogen (secondary N) is 2. The summed E-state index contributed by atoms with van der Waals surface area (Å²) in [6.07, 6.45) is 0.104. The lowest BCUT2D eigenvalue weighted by Crippen LogP contribution is -2.22. The number of aliphatic carboxylic acids is 2. The number of nitrogens with zero attached hydrogens (tertiary/aromatic N) is 2. The van der Waals surface area contributed by atoms with Crippen LogP contribution in [0, 0.1) is 5.82 Å². The number of ether oxygens (including phenoxy) is 1. The van der Waals surface area contributed by atoms with Crippen LogP contribution in [0.1, 0.15) is 12.0 Å². The van der Waals surface area contributed by atoms with Crippen LogP contribution in [0.25, 0.3) is 10.9 Å². The summed E-state index contributed by atoms with van der Waals surface area (Å²) in [5, 5.41) is 31.2. The number of hydrogen-bond acceptors (Lipinski definition) is 8. The number of aromatic nitrogens is 2. The molecule has 0 spiro atoms. The van der Waals surface area contributed by atoms with Gasteiger partial charge in [0.2, 0.25) is 5.91 Å². The lowest BCUT2D eigenvalue weighted by atomic mass is 10.2. The molecule has 0 bridgehead atoms. The van der Waals surface area contributed by atoms with Crippen molar-refractivity contribution in [1.82, 2.24) is 9.97 Å². The van der Waals surface area contributed by atoms with Crippen LogP contribution < -0.4 is 15.4 Å². The summed E-state index contributed by atoms with van der Waals surface area (Å²) >= 11 is 6.38. The molecule has 0 aliphatic rings. The summed E-state index contributed by atoms with van der Waals surface area (Å²) in [4.78, 5) is 39.6. The molecule has 1 unspecified atom stereocenters. The second-order valence-electron chi connectivity index (χ2n) is 8.29. The molecule has 1 heterocycles. The molecule has 0 aliphatic heterocycles. The Morgan fingerprint density at radius 3 is 2.44 bits per heavy atom. The molecule has 13 heteroatoms. The Morgan fingerprint density at radius 2 is 1.80 bits per heavy atom. The SMILES string of the molecule is C=CC(=O)Nc1ccc2ncnc(Nc3ccc(OCc4cccc(F)c4)c(Cl)c3)c2c1.O=C(O)CC(O)C(=O)O. The predicted octanol–water partition coefficient (Wildman–Crippen LogP) is 4.78. The molecule has 0 aliphatic carbocycles. The number of halogens is 2. The highest BCUT2D eigenvalue weighted by Gasteiger charge is 2.16. The maximum atomic E-state index is 13.3. The van der Waals surface area contributed by atoms with Crippen molar-refractivity contribution in [2.75, 3.05) is 10.6 Å². The molecule has 4 rings (SSSR count). The van der Waals surface area contributed by atoms with Gasteiger partial charge in [0.25, 0.3) is 0 Å². The largest absolute Gasteiger partial charge is 0.487 e. The number of aliphatic hydroxyl groups is 1. The summed E-state index contributed by atoms with van der Waals surface area (Å²) in [7, 11) is 0. The molecule has 0 radical (unpaired) electrons. The number of anilines is 3. The smallest absolute Gasteiger partial charge is 0.333 e. The van der Waals surface area contributed by atoms with Crippen molar-refractivity contribution in [3.05, 3.63) is 96.0 Å². The topological polar surface area (TPSA) is 171 Å². The van der Waals surface area contributed by atoms with Gasteiger partial charge >= 0.3 is 11.9 Å². The van der Waals surface area contributed by atoms with E-state index in [-0.39, 0.29) is 18.3 Å². The first-order valence-corrected chi connectivity index (χ1v) is 12.2. The summed E-state index contributed by atoms with van der Waals surface area (Å²) in [6, 6.07) is 16.7. The van der Waals surface area contributed by atoms with Crippen LogP contribution in [0.15, 0.2) is 79.6 Å². The van der Waals surface area contributed by atoms with Crippen molar-refractivity contribution in [2.24, 2.45) is 0 Å². The van der Waals surface area contributed by atoms with Crippen molar-refractivity contribution < 1.29 is 38.8 Å². The number of carbonyl (C=O) groups is 3. The number of carboxylic acid groups (broad SMARTS) is 2. The maximum absolute atomic E-state index is 13.3. The molecule has 0 saturated heterocycles. The van der Waals surface area contributed by atoms with Gasteiger partial charge in [-0.2, -0.15) is 0 Å². The first kappa shape index (κ1) is 30.5. The minimum absolute atomic E-state index is 0.194. The quantitative estimate of drug-likeness (QED) is 0.164. The van der Waals surface area contributed by atoms with Gasteiger partial charge in [-0.05, 0) is 60.2 Å². The van der Waals surface area contributed by atoms with Crippen molar-refractivity contribution in [2.45, 2.75) is 19.1 Å². The molecule has 0 saturated carbocycles. The number of benzene rings is 3. The molecule has 1 atom stereocenters. The number of hydrogen-bond donors (Lipinski definition) is 5. The van der Waals surface area contributed by atoms with Gasteiger partial charge in [0.15, 0.2) is 6.10 Å². The number of aliphatic hydroxyl groups excluding tert-OH is 1. The zero-order valence-electron chi connectivity index (χ0n) is 21.3. The van der Waals surface area contributed by atoms with E-state index in [9.17, 15) is 18.8 Å². The fourth-order valence-electron chi connectivity index (χ4n) is 3.30. The number of rotatable bonds is 10. The van der Waals surface area contributed by atoms with Crippen LogP contribution in [0.4, 0.5) is 21.6 Å². The Bertz CT molecular complexity index is 1580. The fraction of sp³-hybridized carbons (Fsp3) is 0.107. The monoisotopic (exact) mass is 582 g/mol. The molecule has 11 nitrogen and oxygen atoms in total. The number of amides is 1. The lowest BCUT2D eigenvalue weighted by Gasteiger charge is -2.12. The predicted molar refractivity (Wildman–Crippen MR) is 150 cm³/mol. The lowest BCUT2D eigenvalue weighted by molar-refractivity contribution is -0.152. The summed E-state index contributed by atoms with van der Waals surface area (Å²) in [6.45, 7) is 3.65. The normalized spacial score (nSPS) is 11.0. The Balaban J connectivity index is 0.000000445. The molecule has 1 aromatic heterocycles. The van der Waals surface area contributed by atoms with Crippen molar-refractivity contribution in [3.8, 4) is 5.75 Å². The second-order valence-corrected chi connectivity index (χ2v) is 8.70. The van der Waals surface area contributed by atoms with E-state index < -0.39 is 24.5 Å². The van der Waals surface area contributed by atoms with Gasteiger partial charge in [0.1, 0.15) is 30.3 Å². The van der Waals surface area contributed by atoms with Crippen molar-refractivity contribution >= 4 is 57.5 Å². The van der Waals surface area contributed by atoms with E-state index in [2.05, 4.69) is 27.2 Å². The first-order valence-electron chi connectivity index (χ1n) is 11.8. The van der Waals surface area contributed by atoms with E-state index in [1.165, 1.54) is 24.5 Å². The van der Waals surface area contributed by atoms with Gasteiger partial charge in [-0.1, -0.05) is 30.3 Å². The van der Waals surface area contributed by atoms with E-state index in [1.54, 1.807) is 48.5 Å². The van der Waals surface area contributed by atoms with Gasteiger partial charge in [-0.15, -0.1) is 0 Å². The zero-order valence-corrected chi connectivity index (χ0v) is 22.0. The third-order valence-electron chi connectivity index (χ3n) is 5.22. The molecule has 41 heavy (non-hydrogen) atoms. The average Bonchev–Trinajstić information content (AvgIpc) is 2.93. The molecule has 3 aromatic carbocycles. The number of fused-ring (bicyclic) bond motifs is 1. The van der Waals surface area contributed by atoms with E-state index in [1.807, 2.05) is 0 Å². The van der Waals surface area contributed by atoms with Crippen LogP contribution >= 0.6 is 11.6 Å². The zero-order chi connectivity index (χ0) is 29.9. The first-order chi connectivity index (χ1) is 19.5. The summed E-state index contributed by atoms with van der Waals surface area (Å²) in [5.41, 5.74) is 2.70. The number of carboxylic acids is 2. The highest BCUT2D eigenvalue weighted by molar-refractivity contribution is 6.32. The van der Waals surface area contributed by atoms with E-state index in [4.69, 9.17) is 31.7 Å². The van der Waals surface area contributed by atoms with E-state index >= 15 is 0 Å². The molecular formula is C28H24ClFN4O7. The standard InChI is InChI=1S/C24H18ClFN4O2.C4H6O5/c1-2-23(31)29-17-6-8-21-19(11-17)24(28-14-27-21)30-18-7-9-22(20(25)12-18)32-13-15-4-3-5-16(26)10-15;5-2(4(8)9)1-3(6)7/h2-12,14H,1,13H2,(H,29,31)(H,27,28,30);2,5H,1H2,(H,6,7)(H,8,9). The van der Waals surface area contributed by atoms with E-state index in [0.717, 1.165) is 5.39 Å². The van der Waals surface area contributed by atoms with Crippen LogP contribution in [-0.2, 0) is 21.0 Å². The third kappa shape index (κ3) is 9.27. The molecule has 1 amide bonds. The summed E-state index contributed by atoms with van der Waals surface area (Å²) in [5.74, 6) is -2.45. The highest BCUT2D eigenvalue weighted by Crippen LogP contribution is 2.31. The summed E-state index contributed by atoms with van der Waals surface area (Å²) < 4.78 is 19.0. The van der Waals surface area contributed by atoms with Crippen LogP contribution in [0.2, 0.25) is 5.02 Å². The number of carbonyl (C=O) groups excluding carboxylic acids is 1. The highest BCUT2D eigenvalue weighted by atomic mass is 35.5. The van der Waals surface area contributed by atoms with Gasteiger partial charge in [0, 0.05) is 16.8 Å². The Kier molecular flexibility index (Phi) is 10.7. The molecule has 0 fully saturated rings. The average molecular weight is 583 g/mol. The molecule has 212 valence electrons. The Morgan fingerprint density at radius 1 is 1.05 bits per heavy atom. The van der Waals surface area contributed by atoms with Gasteiger partial charge in [-0.3, -0.25) is 9.59 Å². The minimum Gasteiger partial charge on any atom is -0.487 e. The molecular weight excluding hydrogens is 559 g/mol. The second kappa shape index (κ2) is 14.4. The van der Waals surface area contributed by atoms with Crippen LogP contribution in [0.3, 0.4) is 0 Å². The van der Waals surface area contributed by atoms with Crippen molar-refractivity contribution in [3.63, 3.8) is 0 Å². The minimum atomic E-state index is -1.79. The van der Waals surface area contributed by atoms with Crippen LogP contribution in [0.5, 0.6) is 5.75 Å². The molecule has 5 N–H and O–H groups in total.